The summed E-state index contributed by atoms with van der Waals surface area (Å²) in [6.07, 6.45) is 0.339. The van der Waals surface area contributed by atoms with Crippen molar-refractivity contribution in [3.8, 4) is 11.8 Å². The molecule has 1 amide bonds. The first-order valence-corrected chi connectivity index (χ1v) is 5.41. The second-order valence-corrected chi connectivity index (χ2v) is 3.38. The molecule has 0 saturated heterocycles. The number of hydrogen-bond donors (Lipinski definition) is 2. The van der Waals surface area contributed by atoms with Crippen molar-refractivity contribution in [2.75, 3.05) is 19.8 Å². The van der Waals surface area contributed by atoms with Crippen molar-refractivity contribution in [2.24, 2.45) is 5.73 Å². The third-order valence-corrected chi connectivity index (χ3v) is 2.08. The van der Waals surface area contributed by atoms with Crippen LogP contribution in [0.3, 0.4) is 0 Å². The van der Waals surface area contributed by atoms with Crippen LogP contribution in [-0.4, -0.2) is 25.7 Å². The van der Waals surface area contributed by atoms with E-state index < -0.39 is 6.67 Å². The molecule has 1 rings (SSSR count). The third-order valence-electron chi connectivity index (χ3n) is 2.08. The molecule has 0 bridgehead atoms. The fourth-order valence-corrected chi connectivity index (χ4v) is 1.23. The number of rotatable bonds is 4. The molecule has 17 heavy (non-hydrogen) atoms. The smallest absolute Gasteiger partial charge is 0.251 e. The molecule has 4 heteroatoms. The first-order valence-electron chi connectivity index (χ1n) is 5.41. The lowest BCUT2D eigenvalue weighted by Crippen LogP contribution is -2.24. The van der Waals surface area contributed by atoms with Gasteiger partial charge in [0, 0.05) is 17.7 Å². The standard InChI is InChI=1S/C13H15FN2O/c14-8-2-10-16-13(17)12-6-4-11(5-7-12)3-1-9-15/h4-7H,2,8-10,15H2,(H,16,17). The lowest BCUT2D eigenvalue weighted by Gasteiger charge is -2.03. The maximum Gasteiger partial charge on any atom is 0.251 e. The SMILES string of the molecule is NCC#Cc1ccc(C(=O)NCCCF)cc1. The van der Waals surface area contributed by atoms with Crippen molar-refractivity contribution >= 4 is 5.91 Å². The molecule has 0 atom stereocenters. The lowest BCUT2D eigenvalue weighted by molar-refractivity contribution is 0.0952. The molecule has 1 aromatic rings. The van der Waals surface area contributed by atoms with Crippen molar-refractivity contribution < 1.29 is 9.18 Å². The van der Waals surface area contributed by atoms with E-state index in [9.17, 15) is 9.18 Å². The maximum atomic E-state index is 11.8. The van der Waals surface area contributed by atoms with Crippen LogP contribution < -0.4 is 11.1 Å². The molecular formula is C13H15FN2O. The molecule has 0 unspecified atom stereocenters. The molecule has 3 N–H and O–H groups in total. The van der Waals surface area contributed by atoms with Crippen molar-refractivity contribution in [3.63, 3.8) is 0 Å². The first kappa shape index (κ1) is 13.2. The molecule has 1 aromatic carbocycles. The molecule has 0 heterocycles. The van der Waals surface area contributed by atoms with Crippen LogP contribution in [0.15, 0.2) is 24.3 Å². The van der Waals surface area contributed by atoms with Gasteiger partial charge in [-0.3, -0.25) is 9.18 Å². The number of benzene rings is 1. The Morgan fingerprint density at radius 2 is 2.06 bits per heavy atom. The summed E-state index contributed by atoms with van der Waals surface area (Å²) < 4.78 is 11.8. The molecule has 0 saturated carbocycles. The molecule has 90 valence electrons. The van der Waals surface area contributed by atoms with E-state index in [2.05, 4.69) is 17.2 Å². The first-order chi connectivity index (χ1) is 8.27. The molecule has 0 aliphatic heterocycles. The largest absolute Gasteiger partial charge is 0.352 e. The van der Waals surface area contributed by atoms with Crippen LogP contribution in [0.2, 0.25) is 0 Å². The highest BCUT2D eigenvalue weighted by molar-refractivity contribution is 5.94. The summed E-state index contributed by atoms with van der Waals surface area (Å²) in [4.78, 5) is 11.6. The Bertz CT molecular complexity index is 417. The summed E-state index contributed by atoms with van der Waals surface area (Å²) in [6.45, 7) is 0.240. The fraction of sp³-hybridized carbons (Fsp3) is 0.308. The van der Waals surface area contributed by atoms with Gasteiger partial charge in [-0.1, -0.05) is 11.8 Å². The summed E-state index contributed by atoms with van der Waals surface area (Å²) in [5.74, 6) is 5.40. The second kappa shape index (κ2) is 7.42. The van der Waals surface area contributed by atoms with Crippen LogP contribution in [0.4, 0.5) is 4.39 Å². The number of hydrogen-bond acceptors (Lipinski definition) is 2. The monoisotopic (exact) mass is 234 g/mol. The minimum Gasteiger partial charge on any atom is -0.352 e. The van der Waals surface area contributed by atoms with Crippen LogP contribution in [0, 0.1) is 11.8 Å². The van der Waals surface area contributed by atoms with Gasteiger partial charge in [-0.25, -0.2) is 0 Å². The summed E-state index contributed by atoms with van der Waals surface area (Å²) in [7, 11) is 0. The Morgan fingerprint density at radius 1 is 1.35 bits per heavy atom. The van der Waals surface area contributed by atoms with Gasteiger partial charge in [-0.15, -0.1) is 0 Å². The van der Waals surface area contributed by atoms with Gasteiger partial charge in [0.25, 0.3) is 5.91 Å². The van der Waals surface area contributed by atoms with Gasteiger partial charge in [-0.05, 0) is 30.7 Å². The zero-order valence-electron chi connectivity index (χ0n) is 9.50. The quantitative estimate of drug-likeness (QED) is 0.605. The Morgan fingerprint density at radius 3 is 2.65 bits per heavy atom. The molecule has 3 nitrogen and oxygen atoms in total. The number of amides is 1. The van der Waals surface area contributed by atoms with Crippen molar-refractivity contribution in [1.29, 1.82) is 0 Å². The van der Waals surface area contributed by atoms with Crippen LogP contribution in [0.5, 0.6) is 0 Å². The van der Waals surface area contributed by atoms with Crippen LogP contribution in [0.1, 0.15) is 22.3 Å². The number of halogens is 1. The highest BCUT2D eigenvalue weighted by Crippen LogP contribution is 2.03. The summed E-state index contributed by atoms with van der Waals surface area (Å²) >= 11 is 0. The Balaban J connectivity index is 2.57. The highest BCUT2D eigenvalue weighted by Gasteiger charge is 2.03. The van der Waals surface area contributed by atoms with Crippen molar-refractivity contribution in [1.82, 2.24) is 5.32 Å². The number of carbonyl (C=O) groups is 1. The van der Waals surface area contributed by atoms with Gasteiger partial charge in [0.2, 0.25) is 0 Å². The molecule has 0 aromatic heterocycles. The van der Waals surface area contributed by atoms with E-state index >= 15 is 0 Å². The molecule has 0 radical (unpaired) electrons. The highest BCUT2D eigenvalue weighted by atomic mass is 19.1. The Kier molecular flexibility index (Phi) is 5.76. The number of nitrogens with two attached hydrogens (primary N) is 1. The topological polar surface area (TPSA) is 55.1 Å². The minimum absolute atomic E-state index is 0.197. The Hall–Kier alpha value is -1.86. The van der Waals surface area contributed by atoms with Crippen LogP contribution in [-0.2, 0) is 0 Å². The number of nitrogens with one attached hydrogen (secondary N) is 1. The normalized spacial score (nSPS) is 9.29. The second-order valence-electron chi connectivity index (χ2n) is 3.38. The lowest BCUT2D eigenvalue weighted by atomic mass is 10.1. The van der Waals surface area contributed by atoms with E-state index in [0.717, 1.165) is 5.56 Å². The van der Waals surface area contributed by atoms with E-state index in [-0.39, 0.29) is 5.91 Å². The zero-order valence-corrected chi connectivity index (χ0v) is 9.50. The average molecular weight is 234 g/mol. The summed E-state index contributed by atoms with van der Waals surface area (Å²) in [6, 6.07) is 6.88. The van der Waals surface area contributed by atoms with Crippen molar-refractivity contribution in [2.45, 2.75) is 6.42 Å². The summed E-state index contributed by atoms with van der Waals surface area (Å²) in [5, 5.41) is 2.63. The predicted molar refractivity (Wildman–Crippen MR) is 65.3 cm³/mol. The van der Waals surface area contributed by atoms with Crippen molar-refractivity contribution in [3.05, 3.63) is 35.4 Å². The fourth-order valence-electron chi connectivity index (χ4n) is 1.23. The van der Waals surface area contributed by atoms with Gasteiger partial charge in [0.15, 0.2) is 0 Å². The van der Waals surface area contributed by atoms with Gasteiger partial charge >= 0.3 is 0 Å². The molecule has 0 fully saturated rings. The molecule has 0 aliphatic rings. The molecular weight excluding hydrogens is 219 g/mol. The van der Waals surface area contributed by atoms with Crippen LogP contribution in [0.25, 0.3) is 0 Å². The maximum absolute atomic E-state index is 11.8. The van der Waals surface area contributed by atoms with E-state index in [0.29, 0.717) is 25.1 Å². The Labute approximate surface area is 100 Å². The van der Waals surface area contributed by atoms with Gasteiger partial charge in [0.05, 0.1) is 13.2 Å². The zero-order chi connectivity index (χ0) is 12.5. The van der Waals surface area contributed by atoms with E-state index in [1.54, 1.807) is 24.3 Å². The van der Waals surface area contributed by atoms with Crippen LogP contribution >= 0.6 is 0 Å². The van der Waals surface area contributed by atoms with E-state index in [1.165, 1.54) is 0 Å². The van der Waals surface area contributed by atoms with Gasteiger partial charge in [0.1, 0.15) is 0 Å². The van der Waals surface area contributed by atoms with E-state index in [1.807, 2.05) is 0 Å². The molecule has 0 aliphatic carbocycles. The van der Waals surface area contributed by atoms with E-state index in [4.69, 9.17) is 5.73 Å². The summed E-state index contributed by atoms with van der Waals surface area (Å²) in [5.41, 5.74) is 6.61. The number of alkyl halides is 1. The third kappa shape index (κ3) is 4.66. The average Bonchev–Trinajstić information content (AvgIpc) is 2.37. The minimum atomic E-state index is -0.423. The number of carbonyl (C=O) groups excluding carboxylic acids is 1. The molecule has 0 spiro atoms. The van der Waals surface area contributed by atoms with Gasteiger partial charge < -0.3 is 11.1 Å². The predicted octanol–water partition coefficient (Wildman–Crippen LogP) is 1.09. The van der Waals surface area contributed by atoms with Gasteiger partial charge in [-0.2, -0.15) is 0 Å².